The van der Waals surface area contributed by atoms with E-state index in [1.54, 1.807) is 61.1 Å². The lowest BCUT2D eigenvalue weighted by Gasteiger charge is -2.43. The van der Waals surface area contributed by atoms with Gasteiger partial charge in [0.25, 0.3) is 23.6 Å². The number of rotatable bonds is 15. The zero-order chi connectivity index (χ0) is 51.1. The van der Waals surface area contributed by atoms with Crippen LogP contribution < -0.4 is 20.7 Å². The maximum Gasteiger partial charge on any atom is 0.276 e. The van der Waals surface area contributed by atoms with Crippen molar-refractivity contribution in [2.75, 3.05) is 31.6 Å². The number of aromatic nitrogens is 5. The Morgan fingerprint density at radius 2 is 1.79 bits per heavy atom. The number of benzene rings is 2. The van der Waals surface area contributed by atoms with Gasteiger partial charge in [-0.25, -0.2) is 18.2 Å². The van der Waals surface area contributed by atoms with E-state index in [4.69, 9.17) is 4.74 Å². The molecular formula is C51H57F3N10O7S. The molecule has 5 heterocycles. The van der Waals surface area contributed by atoms with Gasteiger partial charge in [0.15, 0.2) is 18.0 Å². The molecule has 1 unspecified atom stereocenters. The third kappa shape index (κ3) is 9.02. The van der Waals surface area contributed by atoms with Crippen LogP contribution in [0.5, 0.6) is 5.75 Å². The van der Waals surface area contributed by atoms with Gasteiger partial charge in [-0.1, -0.05) is 70.2 Å². The summed E-state index contributed by atoms with van der Waals surface area (Å²) in [7, 11) is 0. The summed E-state index contributed by atoms with van der Waals surface area (Å²) in [5.74, 6) is -6.17. The fraction of sp³-hybridized carbons (Fsp3) is 0.490. The van der Waals surface area contributed by atoms with Gasteiger partial charge in [0.05, 0.1) is 40.1 Å². The second kappa shape index (κ2) is 18.2. The lowest BCUT2D eigenvalue weighted by Crippen LogP contribution is -2.59. The van der Waals surface area contributed by atoms with Crippen molar-refractivity contribution in [1.29, 1.82) is 0 Å². The predicted octanol–water partition coefficient (Wildman–Crippen LogP) is 5.40. The van der Waals surface area contributed by atoms with E-state index in [1.807, 2.05) is 43.3 Å². The van der Waals surface area contributed by atoms with Crippen molar-refractivity contribution in [1.82, 2.24) is 45.4 Å². The molecule has 2 aliphatic heterocycles. The number of ether oxygens (including phenoxy) is 1. The van der Waals surface area contributed by atoms with Crippen LogP contribution >= 0.6 is 11.3 Å². The second-order valence-corrected chi connectivity index (χ2v) is 22.2. The molecule has 6 atom stereocenters. The molecule has 380 valence electrons. The number of hydrogen-bond donors (Lipinski definition) is 5. The summed E-state index contributed by atoms with van der Waals surface area (Å²) >= 11 is 1.44. The molecule has 0 radical (unpaired) electrons. The SMILES string of the molecule is Cc1ncsc1-c1ccc(CNC(=O)[C@@H]2C[C@@H](O)CN2C(=O)C(NC(=O)C2(F)CC2)C(C)(C)C)c(OCC(=O)N2CC([C@@H](c3ccccc3)n3cc(NC(=O)c4n[nH]c5c4C[C@@H]4C(F)(F)[C@]4(C)C5)cn3)C2)c1. The van der Waals surface area contributed by atoms with E-state index in [0.717, 1.165) is 21.7 Å². The van der Waals surface area contributed by atoms with E-state index in [1.165, 1.54) is 22.4 Å². The fourth-order valence-corrected chi connectivity index (χ4v) is 11.4. The number of aliphatic hydroxyl groups is 1. The molecule has 5 amide bonds. The average Bonchev–Trinajstić information content (AvgIpc) is 3.70. The molecule has 17 nitrogen and oxygen atoms in total. The van der Waals surface area contributed by atoms with E-state index >= 15 is 0 Å². The molecule has 4 fully saturated rings. The van der Waals surface area contributed by atoms with Gasteiger partial charge in [-0.2, -0.15) is 10.2 Å². The molecule has 0 bridgehead atoms. The highest BCUT2D eigenvalue weighted by molar-refractivity contribution is 7.13. The minimum atomic E-state index is -2.79. The fourth-order valence-electron chi connectivity index (χ4n) is 10.6. The minimum Gasteiger partial charge on any atom is -0.483 e. The zero-order valence-electron chi connectivity index (χ0n) is 40.5. The number of likely N-dealkylation sites (tertiary alicyclic amines) is 2. The van der Waals surface area contributed by atoms with Crippen LogP contribution in [-0.2, 0) is 38.6 Å². The molecule has 5 aliphatic rings. The first-order chi connectivity index (χ1) is 34.1. The van der Waals surface area contributed by atoms with E-state index < -0.39 is 70.2 Å². The Balaban J connectivity index is 0.795. The Morgan fingerprint density at radius 1 is 1.04 bits per heavy atom. The number of amides is 5. The number of aryl methyl sites for hydroxylation is 1. The first-order valence-electron chi connectivity index (χ1n) is 24.2. The molecular weight excluding hydrogens is 954 g/mol. The van der Waals surface area contributed by atoms with Crippen LogP contribution in [0.4, 0.5) is 18.9 Å². The van der Waals surface area contributed by atoms with Crippen molar-refractivity contribution >= 4 is 46.6 Å². The summed E-state index contributed by atoms with van der Waals surface area (Å²) < 4.78 is 51.9. The van der Waals surface area contributed by atoms with Gasteiger partial charge in [-0.05, 0) is 48.8 Å². The number of carbonyl (C=O) groups excluding carboxylic acids is 5. The summed E-state index contributed by atoms with van der Waals surface area (Å²) in [6, 6.07) is 12.6. The Hall–Kier alpha value is -6.61. The topological polar surface area (TPSA) is 217 Å². The molecule has 2 aromatic carbocycles. The molecule has 21 heteroatoms. The predicted molar refractivity (Wildman–Crippen MR) is 258 cm³/mol. The number of halogens is 3. The number of nitrogens with one attached hydrogen (secondary N) is 4. The second-order valence-electron chi connectivity index (χ2n) is 21.3. The average molecular weight is 1010 g/mol. The Morgan fingerprint density at radius 3 is 2.49 bits per heavy atom. The largest absolute Gasteiger partial charge is 0.483 e. The van der Waals surface area contributed by atoms with Gasteiger partial charge >= 0.3 is 0 Å². The summed E-state index contributed by atoms with van der Waals surface area (Å²) in [5.41, 5.74) is 2.39. The molecule has 2 saturated carbocycles. The monoisotopic (exact) mass is 1010 g/mol. The summed E-state index contributed by atoms with van der Waals surface area (Å²) in [5, 5.41) is 30.6. The number of alkyl halides is 3. The summed E-state index contributed by atoms with van der Waals surface area (Å²) in [6.07, 6.45) is 2.51. The third-order valence-corrected chi connectivity index (χ3v) is 16.2. The van der Waals surface area contributed by atoms with Gasteiger partial charge in [0.2, 0.25) is 11.8 Å². The highest BCUT2D eigenvalue weighted by Gasteiger charge is 2.78. The molecule has 5 aromatic rings. The van der Waals surface area contributed by atoms with E-state index in [-0.39, 0.29) is 75.4 Å². The highest BCUT2D eigenvalue weighted by atomic mass is 32.1. The first kappa shape index (κ1) is 49.0. The van der Waals surface area contributed by atoms with Gasteiger partial charge in [0, 0.05) is 79.3 Å². The van der Waals surface area contributed by atoms with Crippen molar-refractivity contribution in [2.45, 2.75) is 109 Å². The lowest BCUT2D eigenvalue weighted by atomic mass is 9.85. The van der Waals surface area contributed by atoms with Crippen molar-refractivity contribution in [3.8, 4) is 16.2 Å². The number of hydrogen-bond acceptors (Lipinski definition) is 11. The standard InChI is InChI=1S/C51H57F3N10O7S/c1-27-42(72-26-56-27)29-11-12-30(19-55-44(67)36-16-33(65)24-63(36)46(69)43(48(2,3)4)59-47(70)50(52)13-14-50)37(15-29)71-25-39(66)62-21-31(22-62)41(28-9-7-6-8-10-28)64-23-32(20-57-64)58-45(68)40-34-17-38-49(5,51(38,53)54)18-35(34)60-61-40/h6-12,15,20,23,26,31,33,36,38,41,43,65H,13-14,16-19,21-22,24-25H2,1-5H3,(H,55,67)(H,58,68)(H,59,70)(H,60,61)/t33-,36+,38+,41-,43?,49-/m1/s1. The van der Waals surface area contributed by atoms with Crippen LogP contribution in [0, 0.1) is 29.6 Å². The summed E-state index contributed by atoms with van der Waals surface area (Å²) in [4.78, 5) is 76.2. The highest BCUT2D eigenvalue weighted by Crippen LogP contribution is 2.70. The third-order valence-electron chi connectivity index (χ3n) is 15.2. The Kier molecular flexibility index (Phi) is 12.4. The number of aliphatic hydroxyl groups excluding tert-OH is 1. The number of H-pyrrole nitrogens is 1. The first-order valence-corrected chi connectivity index (χ1v) is 25.1. The number of thiazole rings is 1. The molecule has 0 spiro atoms. The van der Waals surface area contributed by atoms with E-state index in [0.29, 0.717) is 41.3 Å². The van der Waals surface area contributed by atoms with Crippen molar-refractivity contribution < 1.29 is 47.0 Å². The van der Waals surface area contributed by atoms with Crippen LogP contribution in [0.1, 0.15) is 91.6 Å². The minimum absolute atomic E-state index is 0.0439. The number of anilines is 1. The molecule has 5 N–H and O–H groups in total. The van der Waals surface area contributed by atoms with E-state index in [2.05, 4.69) is 36.2 Å². The van der Waals surface area contributed by atoms with Gasteiger partial charge in [0.1, 0.15) is 17.8 Å². The smallest absolute Gasteiger partial charge is 0.276 e. The molecule has 3 aromatic heterocycles. The normalized spacial score (nSPS) is 23.5. The van der Waals surface area contributed by atoms with Crippen LogP contribution in [0.2, 0.25) is 0 Å². The van der Waals surface area contributed by atoms with Gasteiger partial charge < -0.3 is 35.6 Å². The lowest BCUT2D eigenvalue weighted by molar-refractivity contribution is -0.145. The number of aromatic amines is 1. The van der Waals surface area contributed by atoms with Crippen molar-refractivity contribution in [3.63, 3.8) is 0 Å². The molecule has 2 saturated heterocycles. The number of β-amino-alcohol motifs (C(OH)–C–C–N with tert-alkyl or cyclic N) is 1. The summed E-state index contributed by atoms with van der Waals surface area (Å²) in [6.45, 7) is 8.87. The molecule has 3 aliphatic carbocycles. The quantitative estimate of drug-likeness (QED) is 0.0901. The number of fused-ring (bicyclic) bond motifs is 2. The number of carbonyl (C=O) groups is 5. The van der Waals surface area contributed by atoms with Crippen molar-refractivity contribution in [3.05, 3.63) is 100 Å². The van der Waals surface area contributed by atoms with Crippen LogP contribution in [-0.4, -0.2) is 125 Å². The van der Waals surface area contributed by atoms with Gasteiger partial charge in [-0.15, -0.1) is 11.3 Å². The molecule has 10 rings (SSSR count). The zero-order valence-corrected chi connectivity index (χ0v) is 41.3. The van der Waals surface area contributed by atoms with Crippen LogP contribution in [0.25, 0.3) is 10.4 Å². The number of nitrogens with zero attached hydrogens (tertiary/aromatic N) is 6. The van der Waals surface area contributed by atoms with Crippen molar-refractivity contribution in [2.24, 2.45) is 22.7 Å². The van der Waals surface area contributed by atoms with Crippen LogP contribution in [0.15, 0.2) is 66.4 Å². The Labute approximate surface area is 417 Å². The molecule has 72 heavy (non-hydrogen) atoms. The van der Waals surface area contributed by atoms with Crippen LogP contribution in [0.3, 0.4) is 0 Å². The Bertz CT molecular complexity index is 2940. The van der Waals surface area contributed by atoms with Gasteiger partial charge in [-0.3, -0.25) is 33.8 Å². The maximum atomic E-state index is 14.7. The van der Waals surface area contributed by atoms with E-state index in [9.17, 15) is 42.3 Å². The maximum absolute atomic E-state index is 14.7.